The number of ether oxygens (including phenoxy) is 2. The number of alkyl halides is 3. The van der Waals surface area contributed by atoms with Gasteiger partial charge >= 0.3 is 6.18 Å². The maximum absolute atomic E-state index is 13.2. The van der Waals surface area contributed by atoms with Gasteiger partial charge in [0.25, 0.3) is 0 Å². The lowest BCUT2D eigenvalue weighted by Gasteiger charge is -2.37. The number of benzene rings is 1. The number of pyridine rings is 1. The van der Waals surface area contributed by atoms with E-state index in [4.69, 9.17) is 38.6 Å². The number of piperazine rings is 1. The second kappa shape index (κ2) is 11.6. The van der Waals surface area contributed by atoms with Crippen molar-refractivity contribution >= 4 is 34.6 Å². The van der Waals surface area contributed by atoms with Gasteiger partial charge in [0.2, 0.25) is 0 Å². The van der Waals surface area contributed by atoms with Gasteiger partial charge in [-0.3, -0.25) is 0 Å². The normalized spacial score (nSPS) is 20.6. The highest BCUT2D eigenvalue weighted by Crippen LogP contribution is 2.35. The molecule has 1 aromatic heterocycles. The van der Waals surface area contributed by atoms with Crippen molar-refractivity contribution in [2.24, 2.45) is 0 Å². The first-order chi connectivity index (χ1) is 17.2. The summed E-state index contributed by atoms with van der Waals surface area (Å²) >= 11 is 11.5. The highest BCUT2D eigenvalue weighted by atomic mass is 35.5. The van der Waals surface area contributed by atoms with Crippen LogP contribution in [0, 0.1) is 11.3 Å². The molecule has 1 aliphatic carbocycles. The van der Waals surface area contributed by atoms with E-state index in [1.807, 2.05) is 12.1 Å². The third-order valence-corrected chi connectivity index (χ3v) is 7.05. The number of nitriles is 1. The fourth-order valence-corrected chi connectivity index (χ4v) is 4.82. The van der Waals surface area contributed by atoms with E-state index in [0.29, 0.717) is 24.5 Å². The number of anilines is 1. The summed E-state index contributed by atoms with van der Waals surface area (Å²) in [6.45, 7) is 3.57. The molecule has 0 bridgehead atoms. The van der Waals surface area contributed by atoms with Gasteiger partial charge in [0, 0.05) is 32.4 Å². The Bertz CT molecular complexity index is 1090. The van der Waals surface area contributed by atoms with E-state index in [1.165, 1.54) is 6.07 Å². The molecular formula is C25H26ClF3N4O2S. The molecule has 0 unspecified atom stereocenters. The molecule has 2 fully saturated rings. The largest absolute Gasteiger partial charge is 0.490 e. The average Bonchev–Trinajstić information content (AvgIpc) is 2.88. The van der Waals surface area contributed by atoms with Crippen LogP contribution in [0.1, 0.15) is 36.8 Å². The molecule has 36 heavy (non-hydrogen) atoms. The van der Waals surface area contributed by atoms with Crippen LogP contribution in [-0.2, 0) is 10.9 Å². The van der Waals surface area contributed by atoms with Crippen LogP contribution in [0.3, 0.4) is 0 Å². The number of hydrogen-bond donors (Lipinski definition) is 0. The Kier molecular flexibility index (Phi) is 8.54. The topological polar surface area (TPSA) is 61.6 Å². The van der Waals surface area contributed by atoms with E-state index >= 15 is 0 Å². The minimum Gasteiger partial charge on any atom is -0.490 e. The number of aromatic nitrogens is 1. The lowest BCUT2D eigenvalue weighted by Crippen LogP contribution is -2.49. The quantitative estimate of drug-likeness (QED) is 0.451. The lowest BCUT2D eigenvalue weighted by molar-refractivity contribution is -0.137. The van der Waals surface area contributed by atoms with Gasteiger partial charge < -0.3 is 19.3 Å². The van der Waals surface area contributed by atoms with Gasteiger partial charge in [-0.15, -0.1) is 0 Å². The maximum atomic E-state index is 13.2. The number of halogens is 4. The molecule has 1 saturated carbocycles. The summed E-state index contributed by atoms with van der Waals surface area (Å²) in [7, 11) is 0. The Balaban J connectivity index is 1.19. The van der Waals surface area contributed by atoms with Gasteiger partial charge in [-0.2, -0.15) is 18.4 Å². The van der Waals surface area contributed by atoms with Crippen LogP contribution in [0.2, 0.25) is 5.02 Å². The number of thiocarbonyl (C=S) groups is 1. The smallest absolute Gasteiger partial charge is 0.417 e. The molecule has 2 heterocycles. The van der Waals surface area contributed by atoms with E-state index in [-0.39, 0.29) is 18.0 Å². The molecule has 0 atom stereocenters. The zero-order valence-corrected chi connectivity index (χ0v) is 21.1. The molecule has 11 heteroatoms. The molecule has 1 aromatic carbocycles. The van der Waals surface area contributed by atoms with Crippen LogP contribution in [-0.4, -0.2) is 59.9 Å². The Morgan fingerprint density at radius 2 is 1.78 bits per heavy atom. The summed E-state index contributed by atoms with van der Waals surface area (Å²) in [6.07, 6.45) is -0.289. The summed E-state index contributed by atoms with van der Waals surface area (Å²) in [5.41, 5.74) is -1.38. The standard InChI is InChI=1S/C25H26ClF3N4O2S/c26-18-2-8-23(31-15-18)32-9-11-33(12-10-32)24(36)16-34-19-4-6-20(7-5-19)35-21-3-1-17(14-30)22(13-21)25(27,28)29/h1-3,8,13,15,19-20H,4-7,9-12,16H2. The van der Waals surface area contributed by atoms with Crippen LogP contribution in [0.4, 0.5) is 19.0 Å². The molecular weight excluding hydrogens is 513 g/mol. The molecule has 2 aromatic rings. The average molecular weight is 539 g/mol. The minimum atomic E-state index is -4.60. The fraction of sp³-hybridized carbons (Fsp3) is 0.480. The fourth-order valence-electron chi connectivity index (χ4n) is 4.46. The van der Waals surface area contributed by atoms with Gasteiger partial charge in [-0.25, -0.2) is 4.98 Å². The van der Waals surface area contributed by atoms with Crippen molar-refractivity contribution in [3.8, 4) is 11.8 Å². The van der Waals surface area contributed by atoms with Gasteiger partial charge in [0.1, 0.15) is 16.6 Å². The first-order valence-electron chi connectivity index (χ1n) is 11.8. The van der Waals surface area contributed by atoms with Crippen LogP contribution in [0.15, 0.2) is 36.5 Å². The van der Waals surface area contributed by atoms with Gasteiger partial charge in [-0.05, 0) is 56.0 Å². The molecule has 0 N–H and O–H groups in total. The third-order valence-electron chi connectivity index (χ3n) is 6.45. The Labute approximate surface area is 218 Å². The van der Waals surface area contributed by atoms with Crippen LogP contribution in [0.25, 0.3) is 0 Å². The Hall–Kier alpha value is -2.61. The molecule has 2 aliphatic rings. The maximum Gasteiger partial charge on any atom is 0.417 e. The second-order valence-electron chi connectivity index (χ2n) is 8.85. The predicted octanol–water partition coefficient (Wildman–Crippen LogP) is 5.48. The summed E-state index contributed by atoms with van der Waals surface area (Å²) in [4.78, 5) is 9.49. The first-order valence-corrected chi connectivity index (χ1v) is 12.6. The summed E-state index contributed by atoms with van der Waals surface area (Å²) in [6, 6.07) is 8.80. The lowest BCUT2D eigenvalue weighted by atomic mass is 9.95. The van der Waals surface area contributed by atoms with E-state index in [0.717, 1.165) is 62.0 Å². The van der Waals surface area contributed by atoms with E-state index in [1.54, 1.807) is 12.3 Å². The van der Waals surface area contributed by atoms with Crippen LogP contribution in [0.5, 0.6) is 5.75 Å². The Morgan fingerprint density at radius 3 is 2.39 bits per heavy atom. The zero-order chi connectivity index (χ0) is 25.7. The van der Waals surface area contributed by atoms with Gasteiger partial charge in [0.05, 0.1) is 41.0 Å². The minimum absolute atomic E-state index is 0.0362. The molecule has 1 saturated heterocycles. The van der Waals surface area contributed by atoms with Crippen molar-refractivity contribution in [1.29, 1.82) is 5.26 Å². The Morgan fingerprint density at radius 1 is 1.08 bits per heavy atom. The molecule has 0 radical (unpaired) electrons. The highest BCUT2D eigenvalue weighted by Gasteiger charge is 2.34. The molecule has 4 rings (SSSR count). The number of rotatable bonds is 6. The molecule has 6 nitrogen and oxygen atoms in total. The van der Waals surface area contributed by atoms with E-state index in [9.17, 15) is 13.2 Å². The van der Waals surface area contributed by atoms with Crippen molar-refractivity contribution in [1.82, 2.24) is 9.88 Å². The third kappa shape index (κ3) is 6.78. The summed E-state index contributed by atoms with van der Waals surface area (Å²) in [5, 5.41) is 9.55. The highest BCUT2D eigenvalue weighted by molar-refractivity contribution is 7.80. The van der Waals surface area contributed by atoms with Gasteiger partial charge in [-0.1, -0.05) is 23.8 Å². The summed E-state index contributed by atoms with van der Waals surface area (Å²) < 4.78 is 51.4. The molecule has 0 spiro atoms. The zero-order valence-electron chi connectivity index (χ0n) is 19.5. The van der Waals surface area contributed by atoms with Crippen molar-refractivity contribution < 1.29 is 22.6 Å². The number of nitrogens with zero attached hydrogens (tertiary/aromatic N) is 4. The molecule has 1 aliphatic heterocycles. The predicted molar refractivity (Wildman–Crippen MR) is 134 cm³/mol. The van der Waals surface area contributed by atoms with Crippen molar-refractivity contribution in [2.45, 2.75) is 44.1 Å². The van der Waals surface area contributed by atoms with E-state index in [2.05, 4.69) is 14.8 Å². The van der Waals surface area contributed by atoms with Gasteiger partial charge in [0.15, 0.2) is 0 Å². The SMILES string of the molecule is N#Cc1ccc(OC2CCC(OCC(=S)N3CCN(c4ccc(Cl)cn4)CC3)CC2)cc1C(F)(F)F. The van der Waals surface area contributed by atoms with E-state index < -0.39 is 17.3 Å². The second-order valence-corrected chi connectivity index (χ2v) is 9.75. The first kappa shape index (κ1) is 26.5. The molecule has 192 valence electrons. The summed E-state index contributed by atoms with van der Waals surface area (Å²) in [5.74, 6) is 1.02. The van der Waals surface area contributed by atoms with Crippen molar-refractivity contribution in [3.05, 3.63) is 52.7 Å². The van der Waals surface area contributed by atoms with Crippen LogP contribution < -0.4 is 9.64 Å². The van der Waals surface area contributed by atoms with Crippen molar-refractivity contribution in [3.63, 3.8) is 0 Å². The monoisotopic (exact) mass is 538 g/mol. The van der Waals surface area contributed by atoms with Crippen molar-refractivity contribution in [2.75, 3.05) is 37.7 Å². The van der Waals surface area contributed by atoms with Crippen LogP contribution >= 0.6 is 23.8 Å². The molecule has 0 amide bonds. The number of hydrogen-bond acceptors (Lipinski definition) is 6.